The first-order chi connectivity index (χ1) is 31.1. The number of nitrogens with one attached hydrogen (secondary N) is 3. The number of hydrogen-bond donors (Lipinski definition) is 3. The van der Waals surface area contributed by atoms with E-state index in [0.717, 1.165) is 38.5 Å². The lowest BCUT2D eigenvalue weighted by Crippen LogP contribution is -2.58. The molecule has 3 N–H and O–H groups in total. The standard InChI is InChI=1S/C47H55FN6O10S/c1-27(2)61-32-18-15-28(16-19-32)40-50-38-34-20-17-30(48)23-37(34)64-39(38)42(51-40)62-33-24-36-41(55)52-47(44(57)53-65(59,60)46(3)21-22-46)25-29(47)11-7-5-4-6-8-14-35(43(56)54(36)26-33)49-45(58)63-31-12-9-10-13-31/h7,11,15-20,23,27,29,31,33,35-36H,4-6,8-10,12-14,21-22,24-26H2,1-3H3,(H,49,58)(H,52,55)(H,53,57)/b11-7-/t29-,33-,35+,36+,47-/m1/s1. The average Bonchev–Trinajstić information content (AvgIpc) is 3.93. The highest BCUT2D eigenvalue weighted by Crippen LogP contribution is 2.48. The minimum atomic E-state index is -4.05. The van der Waals surface area contributed by atoms with E-state index in [-0.39, 0.29) is 60.9 Å². The van der Waals surface area contributed by atoms with Gasteiger partial charge in [-0.1, -0.05) is 25.0 Å². The van der Waals surface area contributed by atoms with E-state index in [1.54, 1.807) is 37.3 Å². The first kappa shape index (κ1) is 44.4. The van der Waals surface area contributed by atoms with E-state index in [2.05, 4.69) is 15.4 Å². The Morgan fingerprint density at radius 2 is 1.74 bits per heavy atom. The van der Waals surface area contributed by atoms with Crippen LogP contribution in [-0.4, -0.2) is 94.3 Å². The van der Waals surface area contributed by atoms with Gasteiger partial charge < -0.3 is 34.2 Å². The Labute approximate surface area is 376 Å². The number of allylic oxidation sites excluding steroid dienone is 1. The fourth-order valence-electron chi connectivity index (χ4n) is 9.19. The van der Waals surface area contributed by atoms with Gasteiger partial charge in [0.05, 0.1) is 17.4 Å². The first-order valence-electron chi connectivity index (χ1n) is 22.8. The number of furan rings is 1. The Kier molecular flexibility index (Phi) is 12.0. The van der Waals surface area contributed by atoms with Crippen molar-refractivity contribution in [2.75, 3.05) is 6.54 Å². The van der Waals surface area contributed by atoms with Gasteiger partial charge in [0, 0.05) is 29.4 Å². The molecule has 0 bridgehead atoms. The summed E-state index contributed by atoms with van der Waals surface area (Å²) in [5.74, 6) is -2.19. The van der Waals surface area contributed by atoms with Gasteiger partial charge in [0.2, 0.25) is 27.4 Å². The second-order valence-corrected chi connectivity index (χ2v) is 20.9. The number of carbonyl (C=O) groups is 4. The van der Waals surface area contributed by atoms with Gasteiger partial charge in [-0.15, -0.1) is 0 Å². The molecule has 18 heteroatoms. The number of halogens is 1. The highest BCUT2D eigenvalue weighted by atomic mass is 32.2. The molecule has 4 amide bonds. The number of ether oxygens (including phenoxy) is 3. The van der Waals surface area contributed by atoms with Crippen molar-refractivity contribution in [1.29, 1.82) is 0 Å². The van der Waals surface area contributed by atoms with Crippen LogP contribution in [0, 0.1) is 11.7 Å². The molecule has 346 valence electrons. The van der Waals surface area contributed by atoms with Gasteiger partial charge in [-0.25, -0.2) is 22.6 Å². The normalized spacial score (nSPS) is 26.4. The number of rotatable bonds is 10. The van der Waals surface area contributed by atoms with Crippen LogP contribution < -0.4 is 24.8 Å². The minimum absolute atomic E-state index is 0.0125. The summed E-state index contributed by atoms with van der Waals surface area (Å²) in [7, 11) is -4.05. The van der Waals surface area contributed by atoms with Crippen molar-refractivity contribution >= 4 is 55.9 Å². The zero-order valence-corrected chi connectivity index (χ0v) is 37.6. The highest BCUT2D eigenvalue weighted by molar-refractivity contribution is 7.91. The Bertz CT molecular complexity index is 2640. The molecule has 65 heavy (non-hydrogen) atoms. The molecule has 2 aromatic heterocycles. The maximum absolute atomic E-state index is 14.8. The van der Waals surface area contributed by atoms with Crippen LogP contribution in [0.2, 0.25) is 0 Å². The van der Waals surface area contributed by atoms with Crippen LogP contribution in [0.3, 0.4) is 0 Å². The van der Waals surface area contributed by atoms with Crippen LogP contribution >= 0.6 is 0 Å². The molecule has 5 aliphatic rings. The van der Waals surface area contributed by atoms with Gasteiger partial charge in [0.25, 0.3) is 11.8 Å². The van der Waals surface area contributed by atoms with Crippen LogP contribution in [0.1, 0.15) is 104 Å². The molecule has 1 saturated heterocycles. The van der Waals surface area contributed by atoms with Gasteiger partial charge in [-0.05, 0) is 121 Å². The highest BCUT2D eigenvalue weighted by Gasteiger charge is 2.63. The third kappa shape index (κ3) is 9.23. The van der Waals surface area contributed by atoms with Crippen molar-refractivity contribution < 1.29 is 50.6 Å². The van der Waals surface area contributed by atoms with Crippen LogP contribution in [0.4, 0.5) is 9.18 Å². The number of amides is 4. The molecule has 5 atom stereocenters. The fraction of sp³-hybridized carbons (Fsp3) is 0.532. The molecule has 16 nitrogen and oxygen atoms in total. The van der Waals surface area contributed by atoms with Gasteiger partial charge in [0.1, 0.15) is 52.5 Å². The molecule has 9 rings (SSSR count). The summed E-state index contributed by atoms with van der Waals surface area (Å²) in [5.41, 5.74) is -0.290. The summed E-state index contributed by atoms with van der Waals surface area (Å²) in [4.78, 5) is 67.9. The SMILES string of the molecule is CC(C)Oc1ccc(-c2nc(O[C@@H]3C[C@H]4C(=O)N[C@]5(C(=O)NS(=O)(=O)C6(C)CC6)C[C@H]5/C=C\CCCCC[C@H](NC(=O)OC5CCCC5)C(=O)N4C3)c3oc4cc(F)ccc4c3n2)cc1. The van der Waals surface area contributed by atoms with E-state index in [0.29, 0.717) is 47.9 Å². The van der Waals surface area contributed by atoms with Crippen LogP contribution in [0.25, 0.3) is 33.5 Å². The zero-order chi connectivity index (χ0) is 45.7. The van der Waals surface area contributed by atoms with Crippen LogP contribution in [0.5, 0.6) is 11.6 Å². The molecular weight excluding hydrogens is 860 g/mol. The zero-order valence-electron chi connectivity index (χ0n) is 36.8. The molecule has 2 aromatic carbocycles. The summed E-state index contributed by atoms with van der Waals surface area (Å²) in [5, 5.41) is 6.21. The summed E-state index contributed by atoms with van der Waals surface area (Å²) in [6.07, 6.45) is 9.14. The monoisotopic (exact) mass is 914 g/mol. The number of sulfonamides is 1. The van der Waals surface area contributed by atoms with Gasteiger partial charge in [-0.2, -0.15) is 4.98 Å². The molecular formula is C47H55FN6O10S. The molecule has 0 radical (unpaired) electrons. The Morgan fingerprint density at radius 1 is 0.985 bits per heavy atom. The molecule has 4 fully saturated rings. The number of carbonyl (C=O) groups excluding carboxylic acids is 4. The summed E-state index contributed by atoms with van der Waals surface area (Å²) >= 11 is 0. The smallest absolute Gasteiger partial charge is 0.408 e. The maximum atomic E-state index is 14.8. The van der Waals surface area contributed by atoms with Crippen molar-refractivity contribution in [3.05, 3.63) is 60.4 Å². The Morgan fingerprint density at radius 3 is 2.48 bits per heavy atom. The molecule has 4 aromatic rings. The number of alkyl carbamates (subject to hydrolysis) is 1. The second-order valence-electron chi connectivity index (χ2n) is 18.7. The third-order valence-electron chi connectivity index (χ3n) is 13.4. The quantitative estimate of drug-likeness (QED) is 0.141. The molecule has 2 aliphatic heterocycles. The van der Waals surface area contributed by atoms with E-state index in [1.807, 2.05) is 26.0 Å². The Hall–Kier alpha value is -5.78. The van der Waals surface area contributed by atoms with Crippen molar-refractivity contribution in [3.8, 4) is 23.0 Å². The lowest BCUT2D eigenvalue weighted by Gasteiger charge is -2.30. The van der Waals surface area contributed by atoms with Gasteiger partial charge in [-0.3, -0.25) is 19.1 Å². The average molecular weight is 915 g/mol. The number of aromatic nitrogens is 2. The number of nitrogens with zero attached hydrogens (tertiary/aromatic N) is 3. The Balaban J connectivity index is 1.06. The van der Waals surface area contributed by atoms with Crippen molar-refractivity contribution in [2.24, 2.45) is 5.92 Å². The van der Waals surface area contributed by atoms with E-state index in [1.165, 1.54) is 17.0 Å². The minimum Gasteiger partial charge on any atom is -0.491 e. The van der Waals surface area contributed by atoms with E-state index in [9.17, 15) is 32.0 Å². The molecule has 0 unspecified atom stereocenters. The molecule has 4 heterocycles. The van der Waals surface area contributed by atoms with Crippen molar-refractivity contribution in [1.82, 2.24) is 30.2 Å². The fourth-order valence-corrected chi connectivity index (χ4v) is 10.5. The third-order valence-corrected chi connectivity index (χ3v) is 15.5. The number of hydrogen-bond acceptors (Lipinski definition) is 12. The van der Waals surface area contributed by atoms with E-state index in [4.69, 9.17) is 28.6 Å². The van der Waals surface area contributed by atoms with E-state index >= 15 is 0 Å². The summed E-state index contributed by atoms with van der Waals surface area (Å²) < 4.78 is 66.6. The van der Waals surface area contributed by atoms with Gasteiger partial charge in [0.15, 0.2) is 5.82 Å². The predicted octanol–water partition coefficient (Wildman–Crippen LogP) is 6.75. The number of fused-ring (bicyclic) bond motifs is 5. The lowest BCUT2D eigenvalue weighted by molar-refractivity contribution is -0.141. The molecule has 0 spiro atoms. The first-order valence-corrected chi connectivity index (χ1v) is 24.3. The largest absolute Gasteiger partial charge is 0.491 e. The van der Waals surface area contributed by atoms with Gasteiger partial charge >= 0.3 is 6.09 Å². The molecule has 3 aliphatic carbocycles. The predicted molar refractivity (Wildman–Crippen MR) is 237 cm³/mol. The number of benzene rings is 2. The summed E-state index contributed by atoms with van der Waals surface area (Å²) in [6.45, 7) is 5.28. The van der Waals surface area contributed by atoms with Crippen molar-refractivity contribution in [3.63, 3.8) is 0 Å². The topological polar surface area (TPSA) is 208 Å². The van der Waals surface area contributed by atoms with E-state index < -0.39 is 74.0 Å². The maximum Gasteiger partial charge on any atom is 0.408 e. The van der Waals surface area contributed by atoms with Crippen molar-refractivity contribution in [2.45, 2.75) is 145 Å². The lowest BCUT2D eigenvalue weighted by atomic mass is 10.0. The molecule has 3 saturated carbocycles. The van der Waals surface area contributed by atoms with Crippen LogP contribution in [-0.2, 0) is 29.1 Å². The second kappa shape index (κ2) is 17.5. The van der Waals surface area contributed by atoms with Crippen LogP contribution in [0.15, 0.2) is 59.0 Å². The summed E-state index contributed by atoms with van der Waals surface area (Å²) in [6, 6.07) is 8.99.